The molecule has 0 aliphatic carbocycles. The van der Waals surface area contributed by atoms with Crippen LogP contribution < -0.4 is 5.32 Å². The average Bonchev–Trinajstić information content (AvgIpc) is 2.50. The maximum atomic E-state index is 13.3. The standard InChI is InChI=1S/C16H21FN2O3/c1-3-22-16(21)19-8-6-13(7-9-19)18-15(20)14-10-12(17)5-4-11(14)2/h4-5,10,13H,3,6-9H2,1-2H3,(H,18,20). The smallest absolute Gasteiger partial charge is 0.409 e. The van der Waals surface area contributed by atoms with E-state index in [1.807, 2.05) is 0 Å². The van der Waals surface area contributed by atoms with Gasteiger partial charge in [-0.25, -0.2) is 9.18 Å². The maximum Gasteiger partial charge on any atom is 0.409 e. The molecule has 0 radical (unpaired) electrons. The van der Waals surface area contributed by atoms with Gasteiger partial charge in [0.05, 0.1) is 6.61 Å². The Morgan fingerprint density at radius 3 is 2.68 bits per heavy atom. The molecule has 1 fully saturated rings. The number of nitrogens with one attached hydrogen (secondary N) is 1. The van der Waals surface area contributed by atoms with Crippen LogP contribution in [0.2, 0.25) is 0 Å². The number of hydrogen-bond donors (Lipinski definition) is 1. The van der Waals surface area contributed by atoms with Crippen LogP contribution >= 0.6 is 0 Å². The van der Waals surface area contributed by atoms with Crippen molar-refractivity contribution in [1.29, 1.82) is 0 Å². The second-order valence-corrected chi connectivity index (χ2v) is 5.39. The molecule has 0 saturated carbocycles. The molecule has 5 nitrogen and oxygen atoms in total. The second kappa shape index (κ2) is 7.24. The molecule has 1 heterocycles. The van der Waals surface area contributed by atoms with Crippen LogP contribution in [0, 0.1) is 12.7 Å². The summed E-state index contributed by atoms with van der Waals surface area (Å²) in [5, 5.41) is 2.91. The van der Waals surface area contributed by atoms with Crippen molar-refractivity contribution in [2.75, 3.05) is 19.7 Å². The molecule has 0 spiro atoms. The van der Waals surface area contributed by atoms with E-state index in [4.69, 9.17) is 4.74 Å². The Morgan fingerprint density at radius 1 is 1.36 bits per heavy atom. The Kier molecular flexibility index (Phi) is 5.35. The van der Waals surface area contributed by atoms with Crippen molar-refractivity contribution < 1.29 is 18.7 Å². The molecule has 2 rings (SSSR count). The zero-order valence-corrected chi connectivity index (χ0v) is 12.9. The molecule has 22 heavy (non-hydrogen) atoms. The molecule has 0 bridgehead atoms. The van der Waals surface area contributed by atoms with Gasteiger partial charge in [0.15, 0.2) is 0 Å². The summed E-state index contributed by atoms with van der Waals surface area (Å²) in [5.74, 6) is -0.695. The molecular weight excluding hydrogens is 287 g/mol. The Balaban J connectivity index is 1.89. The van der Waals surface area contributed by atoms with E-state index in [-0.39, 0.29) is 18.0 Å². The molecule has 1 aliphatic rings. The number of aryl methyl sites for hydroxylation is 1. The van der Waals surface area contributed by atoms with Crippen LogP contribution in [0.4, 0.5) is 9.18 Å². The predicted molar refractivity (Wildman–Crippen MR) is 80.2 cm³/mol. The van der Waals surface area contributed by atoms with Gasteiger partial charge in [-0.05, 0) is 44.4 Å². The number of ether oxygens (including phenoxy) is 1. The minimum absolute atomic E-state index is 0.0131. The van der Waals surface area contributed by atoms with Gasteiger partial charge in [-0.1, -0.05) is 6.07 Å². The molecule has 1 aliphatic heterocycles. The number of carbonyl (C=O) groups excluding carboxylic acids is 2. The molecule has 2 amide bonds. The Morgan fingerprint density at radius 2 is 2.05 bits per heavy atom. The highest BCUT2D eigenvalue weighted by Gasteiger charge is 2.25. The van der Waals surface area contributed by atoms with Gasteiger partial charge in [0.1, 0.15) is 5.82 Å². The van der Waals surface area contributed by atoms with Crippen molar-refractivity contribution in [3.63, 3.8) is 0 Å². The zero-order chi connectivity index (χ0) is 16.1. The van der Waals surface area contributed by atoms with Crippen molar-refractivity contribution in [2.45, 2.75) is 32.7 Å². The number of benzene rings is 1. The summed E-state index contributed by atoms with van der Waals surface area (Å²) in [6.07, 6.45) is 1.02. The number of halogens is 1. The maximum absolute atomic E-state index is 13.3. The normalized spacial score (nSPS) is 15.5. The highest BCUT2D eigenvalue weighted by atomic mass is 19.1. The molecule has 120 valence electrons. The van der Waals surface area contributed by atoms with Gasteiger partial charge in [0.2, 0.25) is 0 Å². The summed E-state index contributed by atoms with van der Waals surface area (Å²) in [7, 11) is 0. The van der Waals surface area contributed by atoms with Crippen LogP contribution in [0.25, 0.3) is 0 Å². The Bertz CT molecular complexity index is 554. The van der Waals surface area contributed by atoms with Crippen LogP contribution in [0.1, 0.15) is 35.7 Å². The van der Waals surface area contributed by atoms with E-state index in [0.29, 0.717) is 38.1 Å². The van der Waals surface area contributed by atoms with Crippen molar-refractivity contribution in [1.82, 2.24) is 10.2 Å². The summed E-state index contributed by atoms with van der Waals surface area (Å²) in [6.45, 7) is 5.00. The first-order valence-corrected chi connectivity index (χ1v) is 7.50. The minimum atomic E-state index is -0.423. The third-order valence-electron chi connectivity index (χ3n) is 3.80. The van der Waals surface area contributed by atoms with E-state index in [2.05, 4.69) is 5.32 Å². The number of piperidine rings is 1. The predicted octanol–water partition coefficient (Wildman–Crippen LogP) is 2.48. The van der Waals surface area contributed by atoms with E-state index in [1.54, 1.807) is 24.8 Å². The highest BCUT2D eigenvalue weighted by Crippen LogP contribution is 2.14. The van der Waals surface area contributed by atoms with Gasteiger partial charge < -0.3 is 15.0 Å². The average molecular weight is 308 g/mol. The SMILES string of the molecule is CCOC(=O)N1CCC(NC(=O)c2cc(F)ccc2C)CC1. The van der Waals surface area contributed by atoms with Gasteiger partial charge in [0, 0.05) is 24.7 Å². The largest absolute Gasteiger partial charge is 0.450 e. The molecular formula is C16H21FN2O3. The van der Waals surface area contributed by atoms with E-state index < -0.39 is 5.82 Å². The number of carbonyl (C=O) groups is 2. The molecule has 0 aromatic heterocycles. The fourth-order valence-corrected chi connectivity index (χ4v) is 2.52. The molecule has 0 unspecified atom stereocenters. The third-order valence-corrected chi connectivity index (χ3v) is 3.80. The summed E-state index contributed by atoms with van der Waals surface area (Å²) < 4.78 is 18.2. The second-order valence-electron chi connectivity index (χ2n) is 5.39. The number of amides is 2. The number of hydrogen-bond acceptors (Lipinski definition) is 3. The molecule has 6 heteroatoms. The Hall–Kier alpha value is -2.11. The summed E-state index contributed by atoms with van der Waals surface area (Å²) in [5.41, 5.74) is 1.09. The van der Waals surface area contributed by atoms with Gasteiger partial charge in [-0.2, -0.15) is 0 Å². The van der Waals surface area contributed by atoms with Crippen LogP contribution in [-0.2, 0) is 4.74 Å². The lowest BCUT2D eigenvalue weighted by atomic mass is 10.0. The summed E-state index contributed by atoms with van der Waals surface area (Å²) in [4.78, 5) is 25.5. The monoisotopic (exact) mass is 308 g/mol. The molecule has 1 aromatic rings. The summed E-state index contributed by atoms with van der Waals surface area (Å²) in [6, 6.07) is 4.16. The van der Waals surface area contributed by atoms with Gasteiger partial charge in [0.25, 0.3) is 5.91 Å². The number of rotatable bonds is 3. The van der Waals surface area contributed by atoms with E-state index >= 15 is 0 Å². The lowest BCUT2D eigenvalue weighted by Crippen LogP contribution is -2.46. The highest BCUT2D eigenvalue weighted by molar-refractivity contribution is 5.95. The Labute approximate surface area is 129 Å². The number of nitrogens with zero attached hydrogens (tertiary/aromatic N) is 1. The van der Waals surface area contributed by atoms with Gasteiger partial charge in [-0.3, -0.25) is 4.79 Å². The van der Waals surface area contributed by atoms with Crippen LogP contribution in [0.3, 0.4) is 0 Å². The quantitative estimate of drug-likeness (QED) is 0.933. The van der Waals surface area contributed by atoms with E-state index in [0.717, 1.165) is 5.56 Å². The third kappa shape index (κ3) is 3.96. The molecule has 1 saturated heterocycles. The van der Waals surface area contributed by atoms with Crippen molar-refractivity contribution in [3.8, 4) is 0 Å². The van der Waals surface area contributed by atoms with Crippen molar-refractivity contribution in [3.05, 3.63) is 35.1 Å². The van der Waals surface area contributed by atoms with E-state index in [1.165, 1.54) is 12.1 Å². The van der Waals surface area contributed by atoms with E-state index in [9.17, 15) is 14.0 Å². The van der Waals surface area contributed by atoms with Crippen molar-refractivity contribution in [2.24, 2.45) is 0 Å². The fraction of sp³-hybridized carbons (Fsp3) is 0.500. The number of likely N-dealkylation sites (tertiary alicyclic amines) is 1. The van der Waals surface area contributed by atoms with Crippen LogP contribution in [0.5, 0.6) is 0 Å². The lowest BCUT2D eigenvalue weighted by molar-refractivity contribution is 0.0859. The zero-order valence-electron chi connectivity index (χ0n) is 12.9. The first-order valence-electron chi connectivity index (χ1n) is 7.50. The molecule has 1 aromatic carbocycles. The van der Waals surface area contributed by atoms with Gasteiger partial charge in [-0.15, -0.1) is 0 Å². The first kappa shape index (κ1) is 16.3. The topological polar surface area (TPSA) is 58.6 Å². The van der Waals surface area contributed by atoms with Crippen LogP contribution in [0.15, 0.2) is 18.2 Å². The lowest BCUT2D eigenvalue weighted by Gasteiger charge is -2.31. The summed E-state index contributed by atoms with van der Waals surface area (Å²) >= 11 is 0. The minimum Gasteiger partial charge on any atom is -0.450 e. The van der Waals surface area contributed by atoms with Gasteiger partial charge >= 0.3 is 6.09 Å². The van der Waals surface area contributed by atoms with Crippen molar-refractivity contribution >= 4 is 12.0 Å². The molecule has 0 atom stereocenters. The first-order chi connectivity index (χ1) is 10.5. The fourth-order valence-electron chi connectivity index (χ4n) is 2.52. The van der Waals surface area contributed by atoms with Crippen LogP contribution in [-0.4, -0.2) is 42.6 Å². The molecule has 1 N–H and O–H groups in total.